The Morgan fingerprint density at radius 3 is 1.51 bits per heavy atom. The molecule has 10 rings (SSSR count). The second kappa shape index (κ2) is 16.6. The number of allylic oxidation sites excluding steroid dienone is 1. The molecule has 0 bridgehead atoms. The third kappa shape index (κ3) is 7.74. The Morgan fingerprint density at radius 1 is 0.377 bits per heavy atom. The van der Waals surface area contributed by atoms with Gasteiger partial charge in [-0.25, -0.2) is 9.97 Å². The number of fused-ring (bicyclic) bond motifs is 1. The summed E-state index contributed by atoms with van der Waals surface area (Å²) in [6.07, 6.45) is 2.21. The molecule has 9 aromatic rings. The number of rotatable bonds is 9. The molecular weight excluding hydrogens is 741 g/mol. The summed E-state index contributed by atoms with van der Waals surface area (Å²) in [5, 5.41) is 13.5. The van der Waals surface area contributed by atoms with E-state index in [9.17, 15) is 5.41 Å². The van der Waals surface area contributed by atoms with Crippen molar-refractivity contribution in [2.75, 3.05) is 0 Å². The number of nitrogens with one attached hydrogen (secondary N) is 2. The first-order valence-corrected chi connectivity index (χ1v) is 20.5. The fourth-order valence-electron chi connectivity index (χ4n) is 7.99. The second-order valence-electron chi connectivity index (χ2n) is 15.1. The second-order valence-corrected chi connectivity index (χ2v) is 15.1. The number of hydrogen-bond donors (Lipinski definition) is 2. The van der Waals surface area contributed by atoms with Gasteiger partial charge in [0, 0.05) is 39.1 Å². The molecule has 0 fully saturated rings. The van der Waals surface area contributed by atoms with Gasteiger partial charge in [-0.2, -0.15) is 0 Å². The van der Waals surface area contributed by atoms with Crippen molar-refractivity contribution in [1.82, 2.24) is 15.3 Å². The van der Waals surface area contributed by atoms with Crippen molar-refractivity contribution >= 4 is 28.8 Å². The molecule has 61 heavy (non-hydrogen) atoms. The summed E-state index contributed by atoms with van der Waals surface area (Å²) in [6.45, 7) is 0. The maximum absolute atomic E-state index is 9.66. The van der Waals surface area contributed by atoms with E-state index in [1.54, 1.807) is 0 Å². The van der Waals surface area contributed by atoms with Crippen LogP contribution in [0.1, 0.15) is 27.8 Å². The van der Waals surface area contributed by atoms with E-state index in [-0.39, 0.29) is 0 Å². The van der Waals surface area contributed by atoms with Crippen LogP contribution in [0.4, 0.5) is 0 Å². The molecular formula is C57H40N4. The summed E-state index contributed by atoms with van der Waals surface area (Å²) in [5.41, 5.74) is 17.4. The zero-order valence-corrected chi connectivity index (χ0v) is 33.3. The largest absolute Gasteiger partial charge is 0.354 e. The van der Waals surface area contributed by atoms with Gasteiger partial charge in [-0.1, -0.05) is 206 Å². The minimum atomic E-state index is 0.452. The molecule has 0 radical (unpaired) electrons. The zero-order chi connectivity index (χ0) is 41.0. The van der Waals surface area contributed by atoms with Crippen LogP contribution in [0.25, 0.3) is 79.2 Å². The molecule has 288 valence electrons. The van der Waals surface area contributed by atoms with Crippen molar-refractivity contribution < 1.29 is 0 Å². The van der Waals surface area contributed by atoms with Gasteiger partial charge in [0.2, 0.25) is 0 Å². The summed E-state index contributed by atoms with van der Waals surface area (Å²) < 4.78 is 0. The molecule has 2 heterocycles. The van der Waals surface area contributed by atoms with E-state index < -0.39 is 0 Å². The van der Waals surface area contributed by atoms with E-state index in [4.69, 9.17) is 9.97 Å². The van der Waals surface area contributed by atoms with E-state index in [1.165, 1.54) is 0 Å². The molecule has 1 aliphatic rings. The van der Waals surface area contributed by atoms with Crippen molar-refractivity contribution in [3.8, 4) is 56.2 Å². The number of aromatic nitrogens is 2. The van der Waals surface area contributed by atoms with Crippen molar-refractivity contribution in [2.24, 2.45) is 0 Å². The SMILES string of the molecule is N=C(/C(=C1\NC(c2ccccc2)=Cc2ccc(-c3ccc(-c4nc(-c5ccccc5)cc(-c5cccc(-c6ccccc6)c5)n4)cc3)cc21)c1ccccc1)c1ccccc1. The molecule has 0 aliphatic carbocycles. The van der Waals surface area contributed by atoms with Gasteiger partial charge in [0.1, 0.15) is 0 Å². The summed E-state index contributed by atoms with van der Waals surface area (Å²) in [4.78, 5) is 10.3. The fourth-order valence-corrected chi connectivity index (χ4v) is 7.99. The number of nitrogens with zero attached hydrogens (tertiary/aromatic N) is 2. The van der Waals surface area contributed by atoms with Crippen LogP contribution >= 0.6 is 0 Å². The lowest BCUT2D eigenvalue weighted by Crippen LogP contribution is -2.20. The summed E-state index contributed by atoms with van der Waals surface area (Å²) in [6, 6.07) is 77.2. The first-order valence-electron chi connectivity index (χ1n) is 20.5. The third-order valence-electron chi connectivity index (χ3n) is 11.1. The predicted molar refractivity (Wildman–Crippen MR) is 253 cm³/mol. The molecule has 0 saturated heterocycles. The number of benzene rings is 8. The minimum absolute atomic E-state index is 0.452. The van der Waals surface area contributed by atoms with Crippen LogP contribution < -0.4 is 5.32 Å². The van der Waals surface area contributed by atoms with Gasteiger partial charge in [0.15, 0.2) is 5.82 Å². The topological polar surface area (TPSA) is 61.7 Å². The van der Waals surface area contributed by atoms with Gasteiger partial charge in [0.05, 0.1) is 22.8 Å². The molecule has 2 N–H and O–H groups in total. The molecule has 1 aliphatic heterocycles. The first-order chi connectivity index (χ1) is 30.1. The standard InChI is InChI=1S/C57H40N4/c58-55(44-25-14-5-15-26-44)54(43-23-12-4-13-24-43)56-50-36-47(33-34-48(50)37-51(59-56)41-19-8-2-9-20-41)40-29-31-45(32-30-40)57-60-52(42-21-10-3-11-22-42)38-53(61-57)49-28-16-27-46(35-49)39-17-6-1-7-18-39/h1-38,58-59H/b56-54-,58-55?. The van der Waals surface area contributed by atoms with Gasteiger partial charge in [-0.05, 0) is 63.2 Å². The van der Waals surface area contributed by atoms with Crippen LogP contribution in [0.2, 0.25) is 0 Å². The summed E-state index contributed by atoms with van der Waals surface area (Å²) in [7, 11) is 0. The van der Waals surface area contributed by atoms with Crippen molar-refractivity contribution in [3.05, 3.63) is 252 Å². The van der Waals surface area contributed by atoms with E-state index in [1.807, 2.05) is 78.9 Å². The van der Waals surface area contributed by atoms with Gasteiger partial charge in [-0.15, -0.1) is 0 Å². The highest BCUT2D eigenvalue weighted by Crippen LogP contribution is 2.39. The van der Waals surface area contributed by atoms with E-state index in [0.29, 0.717) is 11.5 Å². The maximum atomic E-state index is 9.66. The van der Waals surface area contributed by atoms with E-state index in [2.05, 4.69) is 157 Å². The molecule has 0 amide bonds. The Bertz CT molecular complexity index is 3070. The van der Waals surface area contributed by atoms with Crippen LogP contribution in [-0.4, -0.2) is 15.7 Å². The lowest BCUT2D eigenvalue weighted by atomic mass is 9.86. The maximum Gasteiger partial charge on any atom is 0.160 e. The smallest absolute Gasteiger partial charge is 0.160 e. The van der Waals surface area contributed by atoms with Gasteiger partial charge in [0.25, 0.3) is 0 Å². The van der Waals surface area contributed by atoms with Crippen molar-refractivity contribution in [1.29, 1.82) is 5.41 Å². The third-order valence-corrected chi connectivity index (χ3v) is 11.1. The van der Waals surface area contributed by atoms with Gasteiger partial charge in [-0.3, -0.25) is 5.41 Å². The lowest BCUT2D eigenvalue weighted by Gasteiger charge is -2.27. The van der Waals surface area contributed by atoms with Gasteiger partial charge < -0.3 is 5.32 Å². The quantitative estimate of drug-likeness (QED) is 0.143. The Morgan fingerprint density at radius 2 is 0.852 bits per heavy atom. The molecule has 0 unspecified atom stereocenters. The predicted octanol–water partition coefficient (Wildman–Crippen LogP) is 13.8. The Balaban J connectivity index is 1.07. The van der Waals surface area contributed by atoms with Crippen LogP contribution in [-0.2, 0) is 0 Å². The van der Waals surface area contributed by atoms with Crippen LogP contribution in [0.3, 0.4) is 0 Å². The van der Waals surface area contributed by atoms with Crippen molar-refractivity contribution in [3.63, 3.8) is 0 Å². The van der Waals surface area contributed by atoms with Gasteiger partial charge >= 0.3 is 0 Å². The number of hydrogen-bond acceptors (Lipinski definition) is 4. The Hall–Kier alpha value is -8.21. The first kappa shape index (κ1) is 37.1. The lowest BCUT2D eigenvalue weighted by molar-refractivity contribution is 1.18. The fraction of sp³-hybridized carbons (Fsp3) is 0. The molecule has 4 nitrogen and oxygen atoms in total. The van der Waals surface area contributed by atoms with Crippen LogP contribution in [0, 0.1) is 5.41 Å². The molecule has 0 saturated carbocycles. The van der Waals surface area contributed by atoms with Crippen LogP contribution in [0.15, 0.2) is 224 Å². The highest BCUT2D eigenvalue weighted by molar-refractivity contribution is 6.36. The molecule has 4 heteroatoms. The van der Waals surface area contributed by atoms with E-state index in [0.717, 1.165) is 95.1 Å². The molecule has 8 aromatic carbocycles. The normalized spacial score (nSPS) is 12.8. The Labute approximate surface area is 356 Å². The minimum Gasteiger partial charge on any atom is -0.354 e. The summed E-state index contributed by atoms with van der Waals surface area (Å²) in [5.74, 6) is 0.665. The van der Waals surface area contributed by atoms with Crippen molar-refractivity contribution in [2.45, 2.75) is 0 Å². The molecule has 0 atom stereocenters. The highest BCUT2D eigenvalue weighted by Gasteiger charge is 2.24. The monoisotopic (exact) mass is 780 g/mol. The average molecular weight is 781 g/mol. The van der Waals surface area contributed by atoms with Crippen LogP contribution in [0.5, 0.6) is 0 Å². The molecule has 0 spiro atoms. The average Bonchev–Trinajstić information content (AvgIpc) is 3.35. The highest BCUT2D eigenvalue weighted by atomic mass is 14.9. The summed E-state index contributed by atoms with van der Waals surface area (Å²) >= 11 is 0. The zero-order valence-electron chi connectivity index (χ0n) is 33.3. The Kier molecular flexibility index (Phi) is 10.1. The van der Waals surface area contributed by atoms with E-state index >= 15 is 0 Å². The molecule has 1 aromatic heterocycles.